The SMILES string of the molecule is CS(=O)(=O)NCCc1ccc(N2CCOCC2)cc1. The molecule has 1 fully saturated rings. The van der Waals surface area contributed by atoms with E-state index in [4.69, 9.17) is 4.74 Å². The predicted octanol–water partition coefficient (Wildman–Crippen LogP) is 0.615. The van der Waals surface area contributed by atoms with Gasteiger partial charge in [-0.3, -0.25) is 0 Å². The first-order valence-electron chi connectivity index (χ1n) is 6.41. The molecule has 2 rings (SSSR count). The van der Waals surface area contributed by atoms with Gasteiger partial charge in [-0.1, -0.05) is 12.1 Å². The number of sulfonamides is 1. The van der Waals surface area contributed by atoms with Crippen LogP contribution in [0.15, 0.2) is 24.3 Å². The van der Waals surface area contributed by atoms with E-state index in [0.717, 1.165) is 31.9 Å². The molecule has 1 aromatic rings. The van der Waals surface area contributed by atoms with Crippen molar-refractivity contribution in [1.82, 2.24) is 4.72 Å². The van der Waals surface area contributed by atoms with Gasteiger partial charge in [-0.05, 0) is 24.1 Å². The van der Waals surface area contributed by atoms with Crippen LogP contribution in [-0.2, 0) is 21.2 Å². The van der Waals surface area contributed by atoms with E-state index < -0.39 is 10.0 Å². The van der Waals surface area contributed by atoms with Gasteiger partial charge in [-0.25, -0.2) is 13.1 Å². The van der Waals surface area contributed by atoms with Crippen LogP contribution in [0.3, 0.4) is 0 Å². The first-order chi connectivity index (χ1) is 9.04. The third-order valence-electron chi connectivity index (χ3n) is 3.09. The Morgan fingerprint density at radius 1 is 1.21 bits per heavy atom. The molecule has 0 spiro atoms. The summed E-state index contributed by atoms with van der Waals surface area (Å²) in [5.41, 5.74) is 2.33. The van der Waals surface area contributed by atoms with Gasteiger partial charge in [0.1, 0.15) is 0 Å². The number of hydrogen-bond donors (Lipinski definition) is 1. The summed E-state index contributed by atoms with van der Waals surface area (Å²) in [6.07, 6.45) is 1.88. The van der Waals surface area contributed by atoms with E-state index in [1.54, 1.807) is 0 Å². The van der Waals surface area contributed by atoms with Crippen molar-refractivity contribution in [1.29, 1.82) is 0 Å². The van der Waals surface area contributed by atoms with E-state index in [-0.39, 0.29) is 0 Å². The highest BCUT2D eigenvalue weighted by Gasteiger charge is 2.10. The van der Waals surface area contributed by atoms with E-state index in [2.05, 4.69) is 33.9 Å². The fourth-order valence-electron chi connectivity index (χ4n) is 2.08. The fraction of sp³-hybridized carbons (Fsp3) is 0.538. The molecule has 0 unspecified atom stereocenters. The second kappa shape index (κ2) is 6.36. The molecule has 0 bridgehead atoms. The molecule has 1 aliphatic rings. The predicted molar refractivity (Wildman–Crippen MR) is 76.0 cm³/mol. The lowest BCUT2D eigenvalue weighted by atomic mass is 10.1. The molecule has 0 aromatic heterocycles. The van der Waals surface area contributed by atoms with Crippen LogP contribution in [0.5, 0.6) is 0 Å². The van der Waals surface area contributed by atoms with Gasteiger partial charge in [0.05, 0.1) is 19.5 Å². The molecule has 0 atom stereocenters. The molecule has 19 heavy (non-hydrogen) atoms. The van der Waals surface area contributed by atoms with Crippen LogP contribution in [0.25, 0.3) is 0 Å². The van der Waals surface area contributed by atoms with Crippen molar-refractivity contribution >= 4 is 15.7 Å². The van der Waals surface area contributed by atoms with Crippen molar-refractivity contribution in [3.8, 4) is 0 Å². The van der Waals surface area contributed by atoms with Gasteiger partial charge >= 0.3 is 0 Å². The molecule has 106 valence electrons. The lowest BCUT2D eigenvalue weighted by molar-refractivity contribution is 0.122. The maximum Gasteiger partial charge on any atom is 0.208 e. The molecule has 1 aromatic carbocycles. The Morgan fingerprint density at radius 2 is 1.84 bits per heavy atom. The number of hydrogen-bond acceptors (Lipinski definition) is 4. The molecular weight excluding hydrogens is 264 g/mol. The summed E-state index contributed by atoms with van der Waals surface area (Å²) < 4.78 is 29.7. The highest BCUT2D eigenvalue weighted by Crippen LogP contribution is 2.16. The van der Waals surface area contributed by atoms with Gasteiger partial charge in [0, 0.05) is 25.3 Å². The van der Waals surface area contributed by atoms with Gasteiger partial charge < -0.3 is 9.64 Å². The molecule has 1 saturated heterocycles. The topological polar surface area (TPSA) is 58.6 Å². The zero-order valence-corrected chi connectivity index (χ0v) is 11.9. The Kier molecular flexibility index (Phi) is 4.79. The fourth-order valence-corrected chi connectivity index (χ4v) is 2.55. The molecule has 6 heteroatoms. The van der Waals surface area contributed by atoms with Crippen molar-refractivity contribution < 1.29 is 13.2 Å². The molecule has 1 heterocycles. The lowest BCUT2D eigenvalue weighted by Gasteiger charge is -2.28. The molecule has 0 aliphatic carbocycles. The van der Waals surface area contributed by atoms with Crippen LogP contribution in [0.4, 0.5) is 5.69 Å². The Balaban J connectivity index is 1.87. The highest BCUT2D eigenvalue weighted by atomic mass is 32.2. The molecule has 0 amide bonds. The molecule has 1 N–H and O–H groups in total. The Labute approximate surface area is 114 Å². The summed E-state index contributed by atoms with van der Waals surface area (Å²) in [4.78, 5) is 2.29. The summed E-state index contributed by atoms with van der Waals surface area (Å²) in [7, 11) is -3.09. The average Bonchev–Trinajstić information content (AvgIpc) is 2.39. The summed E-state index contributed by atoms with van der Waals surface area (Å²) in [5, 5.41) is 0. The minimum atomic E-state index is -3.09. The maximum absolute atomic E-state index is 11.0. The van der Waals surface area contributed by atoms with Crippen LogP contribution < -0.4 is 9.62 Å². The number of morpholine rings is 1. The summed E-state index contributed by atoms with van der Waals surface area (Å²) in [6, 6.07) is 8.27. The summed E-state index contributed by atoms with van der Waals surface area (Å²) >= 11 is 0. The molecule has 5 nitrogen and oxygen atoms in total. The monoisotopic (exact) mass is 284 g/mol. The number of nitrogens with one attached hydrogen (secondary N) is 1. The number of rotatable bonds is 5. The molecule has 0 saturated carbocycles. The van der Waals surface area contributed by atoms with Crippen molar-refractivity contribution in [2.45, 2.75) is 6.42 Å². The quantitative estimate of drug-likeness (QED) is 0.861. The van der Waals surface area contributed by atoms with Crippen molar-refractivity contribution in [2.24, 2.45) is 0 Å². The largest absolute Gasteiger partial charge is 0.378 e. The van der Waals surface area contributed by atoms with E-state index in [1.807, 2.05) is 0 Å². The van der Waals surface area contributed by atoms with Gasteiger partial charge in [-0.2, -0.15) is 0 Å². The molecular formula is C13H20N2O3S. The third-order valence-corrected chi connectivity index (χ3v) is 3.82. The summed E-state index contributed by atoms with van der Waals surface area (Å²) in [5.74, 6) is 0. The smallest absolute Gasteiger partial charge is 0.208 e. The Bertz CT molecular complexity index is 493. The first kappa shape index (κ1) is 14.3. The number of anilines is 1. The maximum atomic E-state index is 11.0. The minimum absolute atomic E-state index is 0.440. The molecule has 0 radical (unpaired) electrons. The van der Waals surface area contributed by atoms with E-state index in [9.17, 15) is 8.42 Å². The van der Waals surface area contributed by atoms with Gasteiger partial charge in [0.25, 0.3) is 0 Å². The lowest BCUT2D eigenvalue weighted by Crippen LogP contribution is -2.36. The Hall–Kier alpha value is -1.11. The standard InChI is InChI=1S/C13H20N2O3S/c1-19(16,17)14-7-6-12-2-4-13(5-3-12)15-8-10-18-11-9-15/h2-5,14H,6-11H2,1H3. The number of ether oxygens (including phenoxy) is 1. The van der Waals surface area contributed by atoms with Gasteiger partial charge in [0.15, 0.2) is 0 Å². The van der Waals surface area contributed by atoms with Crippen LogP contribution in [0.2, 0.25) is 0 Å². The zero-order valence-electron chi connectivity index (χ0n) is 11.1. The normalized spacial score (nSPS) is 16.6. The van der Waals surface area contributed by atoms with Gasteiger partial charge in [0.2, 0.25) is 10.0 Å². The highest BCUT2D eigenvalue weighted by molar-refractivity contribution is 7.88. The summed E-state index contributed by atoms with van der Waals surface area (Å²) in [6.45, 7) is 3.85. The second-order valence-electron chi connectivity index (χ2n) is 4.68. The third kappa shape index (κ3) is 4.81. The minimum Gasteiger partial charge on any atom is -0.378 e. The van der Waals surface area contributed by atoms with Crippen LogP contribution in [0, 0.1) is 0 Å². The van der Waals surface area contributed by atoms with Crippen LogP contribution >= 0.6 is 0 Å². The number of nitrogens with zero attached hydrogens (tertiary/aromatic N) is 1. The molecule has 1 aliphatic heterocycles. The first-order valence-corrected chi connectivity index (χ1v) is 8.30. The Morgan fingerprint density at radius 3 is 2.42 bits per heavy atom. The van der Waals surface area contributed by atoms with Crippen LogP contribution in [0.1, 0.15) is 5.56 Å². The van der Waals surface area contributed by atoms with E-state index in [0.29, 0.717) is 13.0 Å². The van der Waals surface area contributed by atoms with Crippen molar-refractivity contribution in [3.63, 3.8) is 0 Å². The van der Waals surface area contributed by atoms with Gasteiger partial charge in [-0.15, -0.1) is 0 Å². The van der Waals surface area contributed by atoms with E-state index >= 15 is 0 Å². The van der Waals surface area contributed by atoms with Crippen molar-refractivity contribution in [3.05, 3.63) is 29.8 Å². The number of benzene rings is 1. The van der Waals surface area contributed by atoms with Crippen LogP contribution in [-0.4, -0.2) is 47.5 Å². The zero-order chi connectivity index (χ0) is 13.7. The average molecular weight is 284 g/mol. The van der Waals surface area contributed by atoms with E-state index in [1.165, 1.54) is 11.9 Å². The van der Waals surface area contributed by atoms with Crippen molar-refractivity contribution in [2.75, 3.05) is 44.0 Å². The second-order valence-corrected chi connectivity index (χ2v) is 6.52.